The number of aryl methyl sites for hydroxylation is 1. The van der Waals surface area contributed by atoms with E-state index in [4.69, 9.17) is 5.73 Å². The zero-order valence-corrected chi connectivity index (χ0v) is 13.3. The second-order valence-electron chi connectivity index (χ2n) is 7.01. The fourth-order valence-corrected chi connectivity index (χ4v) is 3.47. The average Bonchev–Trinajstić information content (AvgIpc) is 2.94. The molecule has 1 aromatic heterocycles. The Balaban J connectivity index is 1.83. The maximum Gasteiger partial charge on any atom is 0.106 e. The molecule has 2 N–H and O–H groups in total. The smallest absolute Gasteiger partial charge is 0.106 e. The van der Waals surface area contributed by atoms with Gasteiger partial charge in [0, 0.05) is 24.7 Å². The maximum absolute atomic E-state index is 6.21. The summed E-state index contributed by atoms with van der Waals surface area (Å²) in [5.41, 5.74) is 8.42. The lowest BCUT2D eigenvalue weighted by Crippen LogP contribution is -2.47. The SMILES string of the molecule is Cc1nc2ccccc2n1CC1CCCN1CC(C)(C)N. The molecule has 0 bridgehead atoms. The summed E-state index contributed by atoms with van der Waals surface area (Å²) in [6.07, 6.45) is 2.52. The highest BCUT2D eigenvalue weighted by molar-refractivity contribution is 5.75. The molecule has 1 aliphatic heterocycles. The van der Waals surface area contributed by atoms with Crippen molar-refractivity contribution in [2.24, 2.45) is 5.73 Å². The number of imidazole rings is 1. The molecule has 1 aliphatic rings. The number of hydrogen-bond acceptors (Lipinski definition) is 3. The first-order chi connectivity index (χ1) is 9.94. The number of benzene rings is 1. The molecular weight excluding hydrogens is 260 g/mol. The predicted octanol–water partition coefficient (Wildman–Crippen LogP) is 2.55. The molecule has 2 aromatic rings. The number of aromatic nitrogens is 2. The van der Waals surface area contributed by atoms with Crippen molar-refractivity contribution in [2.75, 3.05) is 13.1 Å². The van der Waals surface area contributed by atoms with Crippen LogP contribution in [-0.4, -0.2) is 39.1 Å². The quantitative estimate of drug-likeness (QED) is 0.939. The molecule has 4 nitrogen and oxygen atoms in total. The Hall–Kier alpha value is -1.39. The van der Waals surface area contributed by atoms with E-state index < -0.39 is 0 Å². The summed E-state index contributed by atoms with van der Waals surface area (Å²) in [5, 5.41) is 0. The Labute approximate surface area is 126 Å². The molecule has 1 saturated heterocycles. The standard InChI is InChI=1S/C17H26N4/c1-13-19-15-8-4-5-9-16(15)21(13)11-14-7-6-10-20(14)12-17(2,3)18/h4-5,8-9,14H,6-7,10-12,18H2,1-3H3. The topological polar surface area (TPSA) is 47.1 Å². The number of likely N-dealkylation sites (tertiary alicyclic amines) is 1. The van der Waals surface area contributed by atoms with Crippen LogP contribution >= 0.6 is 0 Å². The molecule has 0 amide bonds. The summed E-state index contributed by atoms with van der Waals surface area (Å²) in [6, 6.07) is 8.98. The number of hydrogen-bond donors (Lipinski definition) is 1. The van der Waals surface area contributed by atoms with Gasteiger partial charge in [-0.25, -0.2) is 4.98 Å². The summed E-state index contributed by atoms with van der Waals surface area (Å²) in [5.74, 6) is 1.11. The molecule has 1 atom stereocenters. The van der Waals surface area contributed by atoms with E-state index in [-0.39, 0.29) is 5.54 Å². The van der Waals surface area contributed by atoms with Crippen LogP contribution in [0.1, 0.15) is 32.5 Å². The Morgan fingerprint density at radius 1 is 1.33 bits per heavy atom. The first-order valence-corrected chi connectivity index (χ1v) is 7.89. The molecule has 1 fully saturated rings. The van der Waals surface area contributed by atoms with E-state index in [0.29, 0.717) is 6.04 Å². The van der Waals surface area contributed by atoms with Gasteiger partial charge in [0.2, 0.25) is 0 Å². The van der Waals surface area contributed by atoms with Gasteiger partial charge in [0.15, 0.2) is 0 Å². The van der Waals surface area contributed by atoms with Gasteiger partial charge < -0.3 is 10.3 Å². The minimum absolute atomic E-state index is 0.130. The van der Waals surface area contributed by atoms with E-state index in [1.165, 1.54) is 18.4 Å². The first-order valence-electron chi connectivity index (χ1n) is 7.89. The fourth-order valence-electron chi connectivity index (χ4n) is 3.47. The maximum atomic E-state index is 6.21. The van der Waals surface area contributed by atoms with Gasteiger partial charge in [-0.05, 0) is 52.3 Å². The van der Waals surface area contributed by atoms with Crippen LogP contribution in [-0.2, 0) is 6.54 Å². The van der Waals surface area contributed by atoms with E-state index >= 15 is 0 Å². The summed E-state index contributed by atoms with van der Waals surface area (Å²) in [6.45, 7) is 9.47. The number of rotatable bonds is 4. The molecule has 3 rings (SSSR count). The third kappa shape index (κ3) is 3.11. The van der Waals surface area contributed by atoms with E-state index in [9.17, 15) is 0 Å². The van der Waals surface area contributed by atoms with Gasteiger partial charge in [0.25, 0.3) is 0 Å². The molecule has 0 saturated carbocycles. The third-order valence-corrected chi connectivity index (χ3v) is 4.35. The van der Waals surface area contributed by atoms with Crippen molar-refractivity contribution < 1.29 is 0 Å². The van der Waals surface area contributed by atoms with Crippen molar-refractivity contribution in [1.82, 2.24) is 14.5 Å². The Kier molecular flexibility index (Phi) is 3.76. The van der Waals surface area contributed by atoms with Gasteiger partial charge in [-0.15, -0.1) is 0 Å². The second-order valence-corrected chi connectivity index (χ2v) is 7.01. The van der Waals surface area contributed by atoms with Crippen molar-refractivity contribution in [3.8, 4) is 0 Å². The van der Waals surface area contributed by atoms with Crippen molar-refractivity contribution in [3.63, 3.8) is 0 Å². The molecule has 0 spiro atoms. The monoisotopic (exact) mass is 286 g/mol. The van der Waals surface area contributed by atoms with E-state index in [0.717, 1.165) is 31.0 Å². The Bertz CT molecular complexity index is 623. The molecule has 114 valence electrons. The predicted molar refractivity (Wildman–Crippen MR) is 87.3 cm³/mol. The molecule has 1 aromatic carbocycles. The minimum atomic E-state index is -0.130. The lowest BCUT2D eigenvalue weighted by atomic mass is 10.1. The highest BCUT2D eigenvalue weighted by Gasteiger charge is 2.29. The molecule has 0 radical (unpaired) electrons. The average molecular weight is 286 g/mol. The fraction of sp³-hybridized carbons (Fsp3) is 0.588. The largest absolute Gasteiger partial charge is 0.327 e. The molecule has 4 heteroatoms. The molecular formula is C17H26N4. The van der Waals surface area contributed by atoms with Gasteiger partial charge in [-0.3, -0.25) is 4.90 Å². The van der Waals surface area contributed by atoms with Crippen molar-refractivity contribution in [2.45, 2.75) is 51.7 Å². The Morgan fingerprint density at radius 2 is 2.10 bits per heavy atom. The number of nitrogens with two attached hydrogens (primary N) is 1. The number of para-hydroxylation sites is 2. The normalized spacial score (nSPS) is 20.5. The van der Waals surface area contributed by atoms with Crippen LogP contribution in [0.15, 0.2) is 24.3 Å². The van der Waals surface area contributed by atoms with Crippen molar-refractivity contribution >= 4 is 11.0 Å². The van der Waals surface area contributed by atoms with Crippen LogP contribution in [0.3, 0.4) is 0 Å². The Morgan fingerprint density at radius 3 is 2.86 bits per heavy atom. The van der Waals surface area contributed by atoms with E-state index in [1.54, 1.807) is 0 Å². The van der Waals surface area contributed by atoms with Crippen LogP contribution in [0.4, 0.5) is 0 Å². The van der Waals surface area contributed by atoms with Crippen LogP contribution in [0, 0.1) is 6.92 Å². The zero-order chi connectivity index (χ0) is 15.0. The van der Waals surface area contributed by atoms with Crippen LogP contribution in [0.5, 0.6) is 0 Å². The summed E-state index contributed by atoms with van der Waals surface area (Å²) < 4.78 is 2.36. The van der Waals surface area contributed by atoms with Crippen LogP contribution in [0.25, 0.3) is 11.0 Å². The van der Waals surface area contributed by atoms with Crippen molar-refractivity contribution in [1.29, 1.82) is 0 Å². The first kappa shape index (κ1) is 14.5. The highest BCUT2D eigenvalue weighted by Crippen LogP contribution is 2.23. The number of fused-ring (bicyclic) bond motifs is 1. The van der Waals surface area contributed by atoms with Crippen LogP contribution in [0.2, 0.25) is 0 Å². The minimum Gasteiger partial charge on any atom is -0.327 e. The summed E-state index contributed by atoms with van der Waals surface area (Å²) in [7, 11) is 0. The number of nitrogens with zero attached hydrogens (tertiary/aromatic N) is 3. The highest BCUT2D eigenvalue weighted by atomic mass is 15.2. The van der Waals surface area contributed by atoms with Crippen molar-refractivity contribution in [3.05, 3.63) is 30.1 Å². The van der Waals surface area contributed by atoms with Gasteiger partial charge in [0.1, 0.15) is 5.82 Å². The molecule has 1 unspecified atom stereocenters. The molecule has 21 heavy (non-hydrogen) atoms. The van der Waals surface area contributed by atoms with Gasteiger partial charge in [-0.2, -0.15) is 0 Å². The van der Waals surface area contributed by atoms with E-state index in [2.05, 4.69) is 59.5 Å². The van der Waals surface area contributed by atoms with Gasteiger partial charge in [0.05, 0.1) is 11.0 Å². The zero-order valence-electron chi connectivity index (χ0n) is 13.3. The lowest BCUT2D eigenvalue weighted by molar-refractivity contribution is 0.194. The molecule has 2 heterocycles. The summed E-state index contributed by atoms with van der Waals surface area (Å²) >= 11 is 0. The second kappa shape index (κ2) is 5.43. The van der Waals surface area contributed by atoms with E-state index in [1.807, 2.05) is 0 Å². The third-order valence-electron chi connectivity index (χ3n) is 4.35. The van der Waals surface area contributed by atoms with Gasteiger partial charge >= 0.3 is 0 Å². The summed E-state index contributed by atoms with van der Waals surface area (Å²) in [4.78, 5) is 7.22. The van der Waals surface area contributed by atoms with Gasteiger partial charge in [-0.1, -0.05) is 12.1 Å². The molecule has 0 aliphatic carbocycles. The van der Waals surface area contributed by atoms with Crippen LogP contribution < -0.4 is 5.73 Å². The lowest BCUT2D eigenvalue weighted by Gasteiger charge is -2.31.